The number of carbonyl (C=O) groups is 3. The number of hydrogen-bond donors (Lipinski definition) is 3. The van der Waals surface area contributed by atoms with Crippen molar-refractivity contribution in [3.05, 3.63) is 58.9 Å². The van der Waals surface area contributed by atoms with Gasteiger partial charge in [-0.05, 0) is 55.0 Å². The molecule has 196 valence electrons. The number of nitrogens with one attached hydrogen (secondary N) is 2. The first-order chi connectivity index (χ1) is 17.2. The summed E-state index contributed by atoms with van der Waals surface area (Å²) in [5.41, 5.74) is 1.14. The minimum atomic E-state index is -4.15. The fourth-order valence-electron chi connectivity index (χ4n) is 3.68. The molecular weight excluding hydrogens is 482 g/mol. The minimum absolute atomic E-state index is 0.0226. The van der Waals surface area contributed by atoms with Crippen LogP contribution in [0.2, 0.25) is 0 Å². The molecule has 10 heteroatoms. The van der Waals surface area contributed by atoms with Gasteiger partial charge in [0.1, 0.15) is 5.69 Å². The number of nitrogens with zero attached hydrogens (tertiary/aromatic N) is 1. The molecule has 0 aliphatic rings. The molecular formula is C26H35N3O6S. The predicted octanol–water partition coefficient (Wildman–Crippen LogP) is 3.87. The number of aromatic nitrogens is 1. The number of rotatable bonds is 15. The molecule has 0 saturated heterocycles. The Balaban J connectivity index is 2.09. The van der Waals surface area contributed by atoms with E-state index in [9.17, 15) is 27.9 Å². The number of unbranched alkanes of at least 4 members (excludes halogenated alkanes) is 4. The Bertz CT molecular complexity index is 1150. The molecule has 0 bridgehead atoms. The van der Waals surface area contributed by atoms with Crippen molar-refractivity contribution in [2.75, 3.05) is 6.54 Å². The first-order valence-corrected chi connectivity index (χ1v) is 13.8. The second-order valence-corrected chi connectivity index (χ2v) is 10.3. The topological polar surface area (TPSA) is 143 Å². The summed E-state index contributed by atoms with van der Waals surface area (Å²) in [5.74, 6) is -2.09. The fraction of sp³-hybridized carbons (Fsp3) is 0.462. The van der Waals surface area contributed by atoms with E-state index in [2.05, 4.69) is 21.9 Å². The van der Waals surface area contributed by atoms with Crippen molar-refractivity contribution in [3.63, 3.8) is 0 Å². The van der Waals surface area contributed by atoms with Crippen molar-refractivity contribution < 1.29 is 27.9 Å². The van der Waals surface area contributed by atoms with Crippen LogP contribution in [0.1, 0.15) is 90.8 Å². The van der Waals surface area contributed by atoms with E-state index in [1.165, 1.54) is 18.2 Å². The van der Waals surface area contributed by atoms with Crippen LogP contribution in [0.15, 0.2) is 41.4 Å². The summed E-state index contributed by atoms with van der Waals surface area (Å²) in [5, 5.41) is 12.1. The number of sulfonamides is 1. The zero-order valence-electron chi connectivity index (χ0n) is 20.9. The normalized spacial score (nSPS) is 11.2. The average molecular weight is 518 g/mol. The molecule has 9 nitrogen and oxygen atoms in total. The second-order valence-electron chi connectivity index (χ2n) is 8.62. The van der Waals surface area contributed by atoms with Crippen molar-refractivity contribution in [3.8, 4) is 0 Å². The fourth-order valence-corrected chi connectivity index (χ4v) is 4.64. The summed E-state index contributed by atoms with van der Waals surface area (Å²) in [6, 6.07) is 7.40. The molecule has 0 aliphatic carbocycles. The Morgan fingerprint density at radius 3 is 2.28 bits per heavy atom. The molecule has 2 rings (SSSR count). The van der Waals surface area contributed by atoms with Crippen molar-refractivity contribution in [2.24, 2.45) is 0 Å². The number of benzene rings is 1. The molecule has 2 amide bonds. The van der Waals surface area contributed by atoms with Crippen LogP contribution in [0.25, 0.3) is 0 Å². The zero-order chi connectivity index (χ0) is 26.6. The minimum Gasteiger partial charge on any atom is -0.477 e. The highest BCUT2D eigenvalue weighted by molar-refractivity contribution is 7.90. The summed E-state index contributed by atoms with van der Waals surface area (Å²) in [7, 11) is -4.15. The summed E-state index contributed by atoms with van der Waals surface area (Å²) >= 11 is 0. The number of aromatic carboxylic acids is 1. The van der Waals surface area contributed by atoms with Crippen LogP contribution < -0.4 is 10.0 Å². The van der Waals surface area contributed by atoms with Gasteiger partial charge in [-0.3, -0.25) is 9.59 Å². The zero-order valence-corrected chi connectivity index (χ0v) is 21.7. The lowest BCUT2D eigenvalue weighted by Gasteiger charge is -2.12. The van der Waals surface area contributed by atoms with Crippen molar-refractivity contribution in [2.45, 2.75) is 76.5 Å². The summed E-state index contributed by atoms with van der Waals surface area (Å²) in [4.78, 5) is 39.5. The Morgan fingerprint density at radius 1 is 0.944 bits per heavy atom. The van der Waals surface area contributed by atoms with Crippen molar-refractivity contribution >= 4 is 27.8 Å². The van der Waals surface area contributed by atoms with Gasteiger partial charge in [-0.25, -0.2) is 22.9 Å². The van der Waals surface area contributed by atoms with E-state index >= 15 is 0 Å². The number of carbonyl (C=O) groups excluding carboxylic acids is 2. The monoisotopic (exact) mass is 517 g/mol. The van der Waals surface area contributed by atoms with E-state index in [0.29, 0.717) is 31.4 Å². The molecule has 0 saturated carbocycles. The summed E-state index contributed by atoms with van der Waals surface area (Å²) in [6.45, 7) is 4.48. The van der Waals surface area contributed by atoms with E-state index in [-0.39, 0.29) is 22.1 Å². The van der Waals surface area contributed by atoms with Gasteiger partial charge in [0.05, 0.1) is 10.5 Å². The van der Waals surface area contributed by atoms with Gasteiger partial charge in [-0.1, -0.05) is 51.7 Å². The van der Waals surface area contributed by atoms with Crippen LogP contribution in [0.3, 0.4) is 0 Å². The van der Waals surface area contributed by atoms with Crippen LogP contribution in [-0.4, -0.2) is 42.8 Å². The molecule has 1 aromatic carbocycles. The standard InChI is InChI=1S/C26H35N3O6S/c1-3-5-6-7-8-10-20-17-23(26(32)33)28-18-22(20)25(31)29-36(34,35)21-13-11-19(12-14-21)15-16-27-24(30)9-4-2/h11-14,17-18H,3-10,15-16H2,1-2H3,(H,27,30)(H,29,31)(H,32,33). The van der Waals surface area contributed by atoms with E-state index in [1.54, 1.807) is 12.1 Å². The van der Waals surface area contributed by atoms with Gasteiger partial charge in [-0.15, -0.1) is 0 Å². The van der Waals surface area contributed by atoms with Crippen molar-refractivity contribution in [1.82, 2.24) is 15.0 Å². The largest absolute Gasteiger partial charge is 0.477 e. The van der Waals surface area contributed by atoms with Crippen LogP contribution in [0.4, 0.5) is 0 Å². The van der Waals surface area contributed by atoms with Crippen LogP contribution in [0, 0.1) is 0 Å². The van der Waals surface area contributed by atoms with Crippen LogP contribution in [0.5, 0.6) is 0 Å². The van der Waals surface area contributed by atoms with Crippen LogP contribution >= 0.6 is 0 Å². The third kappa shape index (κ3) is 9.07. The van der Waals surface area contributed by atoms with Crippen molar-refractivity contribution in [1.29, 1.82) is 0 Å². The molecule has 36 heavy (non-hydrogen) atoms. The summed E-state index contributed by atoms with van der Waals surface area (Å²) < 4.78 is 27.7. The van der Waals surface area contributed by atoms with E-state index in [0.717, 1.165) is 50.3 Å². The van der Waals surface area contributed by atoms with E-state index < -0.39 is 21.9 Å². The maximum atomic E-state index is 12.9. The molecule has 0 spiro atoms. The van der Waals surface area contributed by atoms with Gasteiger partial charge in [0.25, 0.3) is 15.9 Å². The highest BCUT2D eigenvalue weighted by atomic mass is 32.2. The molecule has 0 radical (unpaired) electrons. The van der Waals surface area contributed by atoms with Gasteiger partial charge >= 0.3 is 5.97 Å². The lowest BCUT2D eigenvalue weighted by Crippen LogP contribution is -2.31. The van der Waals surface area contributed by atoms with Gasteiger partial charge in [-0.2, -0.15) is 0 Å². The first-order valence-electron chi connectivity index (χ1n) is 12.3. The maximum Gasteiger partial charge on any atom is 0.354 e. The van der Waals surface area contributed by atoms with Gasteiger partial charge < -0.3 is 10.4 Å². The van der Waals surface area contributed by atoms with Gasteiger partial charge in [0.2, 0.25) is 5.91 Å². The highest BCUT2D eigenvalue weighted by Crippen LogP contribution is 2.17. The maximum absolute atomic E-state index is 12.9. The number of pyridine rings is 1. The SMILES string of the molecule is CCCCCCCc1cc(C(=O)O)ncc1C(=O)NS(=O)(=O)c1ccc(CCNC(=O)CCC)cc1. The van der Waals surface area contributed by atoms with E-state index in [1.807, 2.05) is 6.92 Å². The molecule has 1 aromatic heterocycles. The number of hydrogen-bond acceptors (Lipinski definition) is 6. The number of carboxylic acid groups (broad SMARTS) is 1. The lowest BCUT2D eigenvalue weighted by molar-refractivity contribution is -0.121. The molecule has 0 aliphatic heterocycles. The quantitative estimate of drug-likeness (QED) is 0.304. The second kappa shape index (κ2) is 14.3. The highest BCUT2D eigenvalue weighted by Gasteiger charge is 2.22. The number of amides is 2. The molecule has 0 fully saturated rings. The Hall–Kier alpha value is -3.27. The number of aryl methyl sites for hydroxylation is 1. The molecule has 1 heterocycles. The summed E-state index contributed by atoms with van der Waals surface area (Å²) in [6.07, 6.45) is 8.22. The Labute approximate surface area is 212 Å². The molecule has 3 N–H and O–H groups in total. The molecule has 0 atom stereocenters. The molecule has 0 unspecified atom stereocenters. The third-order valence-electron chi connectivity index (χ3n) is 5.68. The van der Waals surface area contributed by atoms with Gasteiger partial charge in [0, 0.05) is 19.2 Å². The Kier molecular flexibility index (Phi) is 11.5. The predicted molar refractivity (Wildman–Crippen MR) is 136 cm³/mol. The third-order valence-corrected chi connectivity index (χ3v) is 7.02. The molecule has 2 aromatic rings. The van der Waals surface area contributed by atoms with Gasteiger partial charge in [0.15, 0.2) is 0 Å². The van der Waals surface area contributed by atoms with Crippen LogP contribution in [-0.2, 0) is 27.7 Å². The first kappa shape index (κ1) is 29.0. The number of carboxylic acids is 1. The lowest BCUT2D eigenvalue weighted by atomic mass is 10.0. The smallest absolute Gasteiger partial charge is 0.354 e. The average Bonchev–Trinajstić information content (AvgIpc) is 2.84. The van der Waals surface area contributed by atoms with E-state index in [4.69, 9.17) is 0 Å². The Morgan fingerprint density at radius 2 is 1.64 bits per heavy atom.